The van der Waals surface area contributed by atoms with E-state index in [4.69, 9.17) is 0 Å². The molecule has 0 atom stereocenters. The van der Waals surface area contributed by atoms with Gasteiger partial charge in [-0.25, -0.2) is 18.3 Å². The molecule has 248 valence electrons. The number of nitrogens with one attached hydrogen (secondary N) is 2. The minimum atomic E-state index is -0.180. The van der Waals surface area contributed by atoms with Gasteiger partial charge >= 0.3 is 0 Å². The van der Waals surface area contributed by atoms with Crippen molar-refractivity contribution in [2.75, 3.05) is 13.1 Å². The molecule has 0 aliphatic carbocycles. The molecule has 6 aromatic rings. The van der Waals surface area contributed by atoms with E-state index in [1.807, 2.05) is 0 Å². The third kappa shape index (κ3) is 8.33. The Morgan fingerprint density at radius 2 is 0.740 bits per heavy atom. The Balaban J connectivity index is 1.06. The predicted molar refractivity (Wildman–Crippen MR) is 190 cm³/mol. The summed E-state index contributed by atoms with van der Waals surface area (Å²) in [6.45, 7) is 4.26. The van der Waals surface area contributed by atoms with Crippen molar-refractivity contribution in [2.45, 2.75) is 39.0 Å². The molecule has 4 aromatic heterocycles. The van der Waals surface area contributed by atoms with Crippen LogP contribution in [0, 0.1) is 0 Å². The lowest BCUT2D eigenvalue weighted by Gasteiger charge is -2.08. The molecule has 8 heteroatoms. The monoisotopic (exact) mass is 662 g/mol. The third-order valence-electron chi connectivity index (χ3n) is 9.13. The summed E-state index contributed by atoms with van der Waals surface area (Å²) >= 11 is 0. The summed E-state index contributed by atoms with van der Waals surface area (Å²) in [7, 11) is 0. The average molecular weight is 663 g/mol. The van der Waals surface area contributed by atoms with Gasteiger partial charge in [-0.15, -0.1) is 0 Å². The molecule has 2 amide bonds. The van der Waals surface area contributed by atoms with Gasteiger partial charge in [0, 0.05) is 96.7 Å². The highest BCUT2D eigenvalue weighted by Crippen LogP contribution is 2.17. The van der Waals surface area contributed by atoms with Crippen molar-refractivity contribution < 1.29 is 27.9 Å². The van der Waals surface area contributed by atoms with Crippen LogP contribution in [-0.4, -0.2) is 24.9 Å². The standard InChI is InChI=1S/C42H40N6O2/c49-41-39-4-1-5-40(30-39)42(50)44-19-3-21-46-24-12-36(13-25-46)38-16-28-48(29-17-38)32-34-8-6-33(7-9-34)31-47-26-14-37(15-27-47)35-10-22-45(23-11-35)20-2-18-43-41/h1,4-17,22-30H,2-3,18-21,31-32H2/q+2/p+2. The van der Waals surface area contributed by atoms with E-state index in [0.29, 0.717) is 24.2 Å². The highest BCUT2D eigenvalue weighted by atomic mass is 16.2. The lowest BCUT2D eigenvalue weighted by Crippen LogP contribution is -2.35. The number of fused-ring (bicyclic) bond motifs is 3. The van der Waals surface area contributed by atoms with Crippen molar-refractivity contribution in [1.82, 2.24) is 10.6 Å². The zero-order chi connectivity index (χ0) is 34.1. The molecule has 12 bridgehead atoms. The van der Waals surface area contributed by atoms with Crippen LogP contribution < -0.4 is 28.9 Å². The Bertz CT molecular complexity index is 1910. The summed E-state index contributed by atoms with van der Waals surface area (Å²) in [6.07, 6.45) is 18.4. The molecule has 0 saturated carbocycles. The Labute approximate surface area is 293 Å². The number of aromatic nitrogens is 4. The van der Waals surface area contributed by atoms with E-state index in [0.717, 1.165) is 50.1 Å². The number of benzene rings is 2. The number of aryl methyl sites for hydroxylation is 2. The highest BCUT2D eigenvalue weighted by molar-refractivity contribution is 5.99. The van der Waals surface area contributed by atoms with Crippen molar-refractivity contribution >= 4 is 11.8 Å². The Kier molecular flexibility index (Phi) is 10.1. The van der Waals surface area contributed by atoms with E-state index < -0.39 is 0 Å². The van der Waals surface area contributed by atoms with Crippen molar-refractivity contribution in [1.29, 1.82) is 0 Å². The molecule has 0 saturated heterocycles. The van der Waals surface area contributed by atoms with Crippen LogP contribution in [-0.2, 0) is 26.2 Å². The number of pyridine rings is 4. The summed E-state index contributed by atoms with van der Waals surface area (Å²) in [6, 6.07) is 32.9. The second-order valence-electron chi connectivity index (χ2n) is 12.8. The van der Waals surface area contributed by atoms with E-state index in [1.54, 1.807) is 24.3 Å². The van der Waals surface area contributed by atoms with E-state index in [9.17, 15) is 9.59 Å². The molecule has 50 heavy (non-hydrogen) atoms. The van der Waals surface area contributed by atoms with Gasteiger partial charge in [-0.1, -0.05) is 30.3 Å². The molecular formula is C42H42N6O2+4. The molecule has 0 radical (unpaired) electrons. The largest absolute Gasteiger partial charge is 0.352 e. The summed E-state index contributed by atoms with van der Waals surface area (Å²) in [5.41, 5.74) is 8.13. The predicted octanol–water partition coefficient (Wildman–Crippen LogP) is 4.22. The highest BCUT2D eigenvalue weighted by Gasteiger charge is 2.13. The molecule has 7 aliphatic rings. The van der Waals surface area contributed by atoms with Gasteiger partial charge in [-0.05, 0) is 40.5 Å². The summed E-state index contributed by atoms with van der Waals surface area (Å²) in [4.78, 5) is 25.7. The topological polar surface area (TPSA) is 73.7 Å². The van der Waals surface area contributed by atoms with Crippen molar-refractivity contribution in [3.63, 3.8) is 0 Å². The van der Waals surface area contributed by atoms with Crippen LogP contribution in [0.4, 0.5) is 0 Å². The van der Waals surface area contributed by atoms with Crippen LogP contribution in [0.1, 0.15) is 44.7 Å². The van der Waals surface area contributed by atoms with E-state index in [-0.39, 0.29) is 11.8 Å². The molecule has 13 rings (SSSR count). The van der Waals surface area contributed by atoms with Crippen LogP contribution in [0.5, 0.6) is 0 Å². The SMILES string of the molecule is O=C1NCCC[n+]2ccc(cc2)-c2cc[n+](cc2)Cc2ccc(cc2)C[n+]2ccc(cc2)-c2cc[n+](cc2)CCCNC(=O)c2cccc1c2. The molecule has 7 aliphatic heterocycles. The lowest BCUT2D eigenvalue weighted by atomic mass is 10.1. The molecule has 2 aromatic carbocycles. The molecule has 0 fully saturated rings. The zero-order valence-electron chi connectivity index (χ0n) is 28.1. The molecule has 8 nitrogen and oxygen atoms in total. The van der Waals surface area contributed by atoms with Crippen LogP contribution in [0.25, 0.3) is 22.3 Å². The molecular weight excluding hydrogens is 621 g/mol. The number of amides is 2. The number of hydrogen-bond donors (Lipinski definition) is 2. The van der Waals surface area contributed by atoms with Crippen LogP contribution in [0.3, 0.4) is 0 Å². The Morgan fingerprint density at radius 3 is 1.10 bits per heavy atom. The average Bonchev–Trinajstić information content (AvgIpc) is 3.16. The van der Waals surface area contributed by atoms with E-state index >= 15 is 0 Å². The number of nitrogens with zero attached hydrogens (tertiary/aromatic N) is 4. The fraction of sp³-hybridized carbons (Fsp3) is 0.190. The number of rotatable bonds is 0. The lowest BCUT2D eigenvalue weighted by molar-refractivity contribution is -0.697. The van der Waals surface area contributed by atoms with E-state index in [1.165, 1.54) is 22.3 Å². The minimum Gasteiger partial charge on any atom is -0.352 e. The third-order valence-corrected chi connectivity index (χ3v) is 9.13. The van der Waals surface area contributed by atoms with Gasteiger partial charge in [0.15, 0.2) is 62.7 Å². The summed E-state index contributed by atoms with van der Waals surface area (Å²) in [5.74, 6) is -0.360. The van der Waals surface area contributed by atoms with Gasteiger partial charge in [0.1, 0.15) is 13.1 Å². The minimum absolute atomic E-state index is 0.180. The van der Waals surface area contributed by atoms with Crippen LogP contribution in [0.2, 0.25) is 0 Å². The van der Waals surface area contributed by atoms with Crippen molar-refractivity contribution in [3.8, 4) is 22.3 Å². The smallest absolute Gasteiger partial charge is 0.251 e. The molecule has 2 N–H and O–H groups in total. The normalized spacial score (nSPS) is 14.2. The van der Waals surface area contributed by atoms with Gasteiger partial charge < -0.3 is 10.6 Å². The first-order chi connectivity index (χ1) is 24.6. The Morgan fingerprint density at radius 1 is 0.400 bits per heavy atom. The second-order valence-corrected chi connectivity index (χ2v) is 12.8. The maximum Gasteiger partial charge on any atom is 0.251 e. The summed E-state index contributed by atoms with van der Waals surface area (Å²) in [5, 5.41) is 5.99. The number of carbonyl (C=O) groups is 2. The first kappa shape index (κ1) is 32.5. The van der Waals surface area contributed by atoms with Gasteiger partial charge in [0.05, 0.1) is 0 Å². The first-order valence-electron chi connectivity index (χ1n) is 17.3. The maximum atomic E-state index is 12.9. The van der Waals surface area contributed by atoms with Gasteiger partial charge in [-0.3, -0.25) is 9.59 Å². The summed E-state index contributed by atoms with van der Waals surface area (Å²) < 4.78 is 8.66. The van der Waals surface area contributed by atoms with Gasteiger partial charge in [0.2, 0.25) is 0 Å². The number of carbonyl (C=O) groups excluding carboxylic acids is 2. The van der Waals surface area contributed by atoms with Crippen LogP contribution >= 0.6 is 0 Å². The van der Waals surface area contributed by atoms with Gasteiger partial charge in [0.25, 0.3) is 11.8 Å². The number of hydrogen-bond acceptors (Lipinski definition) is 2. The van der Waals surface area contributed by atoms with Gasteiger partial charge in [-0.2, -0.15) is 0 Å². The zero-order valence-corrected chi connectivity index (χ0v) is 28.1. The van der Waals surface area contributed by atoms with Crippen LogP contribution in [0.15, 0.2) is 147 Å². The Hall–Kier alpha value is -6.02. The first-order valence-corrected chi connectivity index (χ1v) is 17.3. The van der Waals surface area contributed by atoms with Crippen molar-refractivity contribution in [3.05, 3.63) is 169 Å². The second kappa shape index (κ2) is 15.5. The molecule has 0 spiro atoms. The fourth-order valence-corrected chi connectivity index (χ4v) is 6.21. The molecule has 11 heterocycles. The van der Waals surface area contributed by atoms with Crippen molar-refractivity contribution in [2.24, 2.45) is 0 Å². The molecule has 0 unspecified atom stereocenters. The fourth-order valence-electron chi connectivity index (χ4n) is 6.21. The van der Waals surface area contributed by atoms with E-state index in [2.05, 4.69) is 151 Å². The quantitative estimate of drug-likeness (QED) is 0.239. The maximum absolute atomic E-state index is 12.9.